The molecule has 0 radical (unpaired) electrons. The summed E-state index contributed by atoms with van der Waals surface area (Å²) in [5.74, 6) is -0.736. The summed E-state index contributed by atoms with van der Waals surface area (Å²) in [6.45, 7) is -0.192. The van der Waals surface area contributed by atoms with E-state index in [4.69, 9.17) is 11.5 Å². The van der Waals surface area contributed by atoms with Crippen molar-refractivity contribution in [1.82, 2.24) is 0 Å². The molecule has 5 N–H and O–H groups in total. The number of rotatable bonds is 4. The fourth-order valence-corrected chi connectivity index (χ4v) is 1.48. The van der Waals surface area contributed by atoms with Crippen molar-refractivity contribution < 1.29 is 35.8 Å². The summed E-state index contributed by atoms with van der Waals surface area (Å²) in [4.78, 5) is 0. The average molecular weight is 333 g/mol. The Morgan fingerprint density at radius 1 is 1.23 bits per heavy atom. The van der Waals surface area contributed by atoms with Gasteiger partial charge in [-0.25, -0.2) is 0 Å². The quantitative estimate of drug-likeness (QED) is 0.575. The van der Waals surface area contributed by atoms with E-state index in [0.717, 1.165) is 13.3 Å². The highest BCUT2D eigenvalue weighted by Gasteiger charge is 2.49. The van der Waals surface area contributed by atoms with Gasteiger partial charge in [0.25, 0.3) is 0 Å². The predicted octanol–water partition coefficient (Wildman–Crippen LogP) is 1.41. The van der Waals surface area contributed by atoms with E-state index in [1.165, 1.54) is 0 Å². The van der Waals surface area contributed by atoms with E-state index in [9.17, 15) is 26.3 Å². The number of hydrogen-bond acceptors (Lipinski definition) is 4. The number of pyridine rings is 1. The second-order valence-electron chi connectivity index (χ2n) is 4.81. The number of hydrogen-bond donors (Lipinski definition) is 3. The highest BCUT2D eigenvalue weighted by Crippen LogP contribution is 2.35. The molecule has 0 aliphatic rings. The zero-order valence-electron chi connectivity index (χ0n) is 11.6. The minimum Gasteiger partial charge on any atom is -0.445 e. The number of nitrogen functional groups attached to an aromatic ring is 1. The summed E-state index contributed by atoms with van der Waals surface area (Å²) in [6.07, 6.45) is -8.58. The third-order valence-corrected chi connectivity index (χ3v) is 2.80. The first-order valence-corrected chi connectivity index (χ1v) is 5.85. The molecule has 0 saturated carbocycles. The van der Waals surface area contributed by atoms with Crippen molar-refractivity contribution in [1.29, 1.82) is 0 Å². The van der Waals surface area contributed by atoms with Crippen LogP contribution < -0.4 is 26.3 Å². The summed E-state index contributed by atoms with van der Waals surface area (Å²) in [5.41, 5.74) is 8.37. The minimum absolute atomic E-state index is 0.314. The molecule has 0 amide bonds. The van der Waals surface area contributed by atoms with Crippen LogP contribution in [-0.4, -0.2) is 25.4 Å². The molecule has 0 aromatic carbocycles. The Kier molecular flexibility index (Phi) is 4.70. The van der Waals surface area contributed by atoms with Crippen molar-refractivity contribution in [2.24, 2.45) is 5.73 Å². The average Bonchev–Trinajstić information content (AvgIpc) is 2.33. The molecule has 0 aliphatic carbocycles. The molecule has 0 aliphatic heterocycles. The molecule has 0 saturated heterocycles. The van der Waals surface area contributed by atoms with Gasteiger partial charge in [0.2, 0.25) is 6.20 Å². The number of alkyl halides is 6. The number of anilines is 1. The number of aromatic nitrogens is 1. The SMILES string of the molecule is COc1c(C(F)(F)F)cc(N)c[n+]1NCC(C)(N)C(F)(F)F. The third kappa shape index (κ3) is 3.84. The Bertz CT molecular complexity index is 541. The van der Waals surface area contributed by atoms with Crippen molar-refractivity contribution in [2.75, 3.05) is 24.8 Å². The third-order valence-electron chi connectivity index (χ3n) is 2.80. The van der Waals surface area contributed by atoms with Gasteiger partial charge in [0.05, 0.1) is 13.7 Å². The standard InChI is InChI=1S/C11H15F6N4O/c1-9(19,11(15,16)17)5-20-21-4-6(18)3-7(8(21)22-2)10(12,13)14/h3-4,20H,5,18-19H2,1-2H3/q+1. The van der Waals surface area contributed by atoms with E-state index in [0.29, 0.717) is 17.7 Å². The Morgan fingerprint density at radius 2 is 1.77 bits per heavy atom. The molecule has 1 heterocycles. The van der Waals surface area contributed by atoms with E-state index >= 15 is 0 Å². The number of nitrogens with two attached hydrogens (primary N) is 2. The zero-order chi connectivity index (χ0) is 17.3. The first-order chi connectivity index (χ1) is 9.79. The monoisotopic (exact) mass is 333 g/mol. The van der Waals surface area contributed by atoms with E-state index < -0.39 is 35.9 Å². The normalized spacial score (nSPS) is 15.3. The lowest BCUT2D eigenvalue weighted by atomic mass is 10.0. The first kappa shape index (κ1) is 18.1. The Hall–Kier alpha value is -1.91. The second kappa shape index (κ2) is 5.71. The van der Waals surface area contributed by atoms with E-state index in [1.807, 2.05) is 0 Å². The maximum absolute atomic E-state index is 12.9. The molecule has 0 spiro atoms. The molecule has 1 aromatic rings. The zero-order valence-corrected chi connectivity index (χ0v) is 11.6. The van der Waals surface area contributed by atoms with Crippen molar-refractivity contribution in [3.8, 4) is 5.88 Å². The van der Waals surface area contributed by atoms with Gasteiger partial charge in [0.1, 0.15) is 11.2 Å². The molecule has 1 unspecified atom stereocenters. The van der Waals surface area contributed by atoms with Crippen LogP contribution in [0.5, 0.6) is 5.88 Å². The van der Waals surface area contributed by atoms with Crippen molar-refractivity contribution in [3.63, 3.8) is 0 Å². The Balaban J connectivity index is 3.18. The highest BCUT2D eigenvalue weighted by molar-refractivity contribution is 5.40. The van der Waals surface area contributed by atoms with Gasteiger partial charge in [0, 0.05) is 0 Å². The highest BCUT2D eigenvalue weighted by atomic mass is 19.4. The fourth-order valence-electron chi connectivity index (χ4n) is 1.48. The van der Waals surface area contributed by atoms with Crippen molar-refractivity contribution in [3.05, 3.63) is 17.8 Å². The van der Waals surface area contributed by atoms with Gasteiger partial charge in [-0.3, -0.25) is 0 Å². The van der Waals surface area contributed by atoms with Gasteiger partial charge in [-0.15, -0.1) is 0 Å². The van der Waals surface area contributed by atoms with Crippen LogP contribution in [-0.2, 0) is 6.18 Å². The van der Waals surface area contributed by atoms with Crippen LogP contribution in [0, 0.1) is 0 Å². The maximum atomic E-state index is 12.9. The molecular weight excluding hydrogens is 318 g/mol. The first-order valence-electron chi connectivity index (χ1n) is 5.85. The number of nitrogens with one attached hydrogen (secondary N) is 1. The number of nitrogens with zero attached hydrogens (tertiary/aromatic N) is 1. The van der Waals surface area contributed by atoms with Gasteiger partial charge >= 0.3 is 18.2 Å². The van der Waals surface area contributed by atoms with Crippen molar-refractivity contribution >= 4 is 5.69 Å². The van der Waals surface area contributed by atoms with Crippen LogP contribution >= 0.6 is 0 Å². The molecule has 1 atom stereocenters. The van der Waals surface area contributed by atoms with Crippen LogP contribution in [0.1, 0.15) is 12.5 Å². The van der Waals surface area contributed by atoms with Gasteiger partial charge in [-0.2, -0.15) is 31.8 Å². The summed E-state index contributed by atoms with van der Waals surface area (Å²) in [6, 6.07) is 0.614. The van der Waals surface area contributed by atoms with Gasteiger partial charge in [-0.1, -0.05) is 0 Å². The smallest absolute Gasteiger partial charge is 0.426 e. The van der Waals surface area contributed by atoms with E-state index in [-0.39, 0.29) is 5.69 Å². The number of methoxy groups -OCH3 is 1. The molecule has 1 rings (SSSR count). The van der Waals surface area contributed by atoms with Crippen LogP contribution in [0.25, 0.3) is 0 Å². The number of halogens is 6. The lowest BCUT2D eigenvalue weighted by Gasteiger charge is -2.26. The number of ether oxygens (including phenoxy) is 1. The van der Waals surface area contributed by atoms with E-state index in [2.05, 4.69) is 10.2 Å². The predicted molar refractivity (Wildman–Crippen MR) is 65.5 cm³/mol. The van der Waals surface area contributed by atoms with Crippen molar-refractivity contribution in [2.45, 2.75) is 24.8 Å². The van der Waals surface area contributed by atoms with Crippen LogP contribution in [0.15, 0.2) is 12.3 Å². The Morgan fingerprint density at radius 3 is 2.18 bits per heavy atom. The molecule has 0 bridgehead atoms. The largest absolute Gasteiger partial charge is 0.445 e. The summed E-state index contributed by atoms with van der Waals surface area (Å²) in [5, 5.41) is 0. The summed E-state index contributed by atoms with van der Waals surface area (Å²) < 4.78 is 81.8. The molecule has 1 aromatic heterocycles. The topological polar surface area (TPSA) is 77.2 Å². The lowest BCUT2D eigenvalue weighted by Crippen LogP contribution is -2.61. The fraction of sp³-hybridized carbons (Fsp3) is 0.545. The maximum Gasteiger partial charge on any atom is 0.426 e. The summed E-state index contributed by atoms with van der Waals surface area (Å²) in [7, 11) is 0.949. The van der Waals surface area contributed by atoms with Gasteiger partial charge < -0.3 is 16.2 Å². The minimum atomic E-state index is -4.79. The molecular formula is C11H15F6N4O+. The molecule has 126 valence electrons. The molecule has 11 heteroatoms. The van der Waals surface area contributed by atoms with Crippen LogP contribution in [0.2, 0.25) is 0 Å². The molecule has 22 heavy (non-hydrogen) atoms. The Labute approximate surface area is 121 Å². The van der Waals surface area contributed by atoms with Gasteiger partial charge in [0.15, 0.2) is 5.56 Å². The second-order valence-corrected chi connectivity index (χ2v) is 4.81. The molecule has 5 nitrogen and oxygen atoms in total. The summed E-state index contributed by atoms with van der Waals surface area (Å²) >= 11 is 0. The lowest BCUT2D eigenvalue weighted by molar-refractivity contribution is -0.657. The molecule has 0 fully saturated rings. The van der Waals surface area contributed by atoms with Crippen LogP contribution in [0.3, 0.4) is 0 Å². The van der Waals surface area contributed by atoms with E-state index in [1.54, 1.807) is 0 Å². The van der Waals surface area contributed by atoms with Gasteiger partial charge in [-0.05, 0) is 17.7 Å². The van der Waals surface area contributed by atoms with Crippen LogP contribution in [0.4, 0.5) is 32.0 Å².